The highest BCUT2D eigenvalue weighted by atomic mass is 16.1. The van der Waals surface area contributed by atoms with E-state index >= 15 is 0 Å². The SMILES string of the molecule is CCC1CC1Nc1nccn(C(C)(C)C)c1=O. The molecule has 1 aliphatic carbocycles. The number of anilines is 1. The maximum atomic E-state index is 12.2. The molecule has 1 heterocycles. The zero-order valence-corrected chi connectivity index (χ0v) is 11.0. The highest BCUT2D eigenvalue weighted by molar-refractivity contribution is 5.35. The highest BCUT2D eigenvalue weighted by Crippen LogP contribution is 2.35. The molecule has 1 aromatic rings. The van der Waals surface area contributed by atoms with Crippen molar-refractivity contribution in [3.63, 3.8) is 0 Å². The van der Waals surface area contributed by atoms with Crippen molar-refractivity contribution in [3.05, 3.63) is 22.7 Å². The van der Waals surface area contributed by atoms with Crippen molar-refractivity contribution in [2.24, 2.45) is 5.92 Å². The van der Waals surface area contributed by atoms with Gasteiger partial charge < -0.3 is 9.88 Å². The predicted octanol–water partition coefficient (Wildman–Crippen LogP) is 2.21. The second-order valence-electron chi connectivity index (χ2n) is 5.78. The van der Waals surface area contributed by atoms with Gasteiger partial charge in [0.25, 0.3) is 5.56 Å². The van der Waals surface area contributed by atoms with Crippen LogP contribution in [-0.2, 0) is 5.54 Å². The van der Waals surface area contributed by atoms with E-state index in [0.29, 0.717) is 17.8 Å². The van der Waals surface area contributed by atoms with Crippen LogP contribution in [-0.4, -0.2) is 15.6 Å². The lowest BCUT2D eigenvalue weighted by Crippen LogP contribution is -2.35. The summed E-state index contributed by atoms with van der Waals surface area (Å²) in [5.41, 5.74) is -0.230. The summed E-state index contributed by atoms with van der Waals surface area (Å²) in [6.45, 7) is 8.23. The molecule has 1 saturated carbocycles. The molecule has 0 spiro atoms. The Morgan fingerprint density at radius 2 is 2.24 bits per heavy atom. The Morgan fingerprint density at radius 1 is 1.53 bits per heavy atom. The average Bonchev–Trinajstić information content (AvgIpc) is 2.98. The summed E-state index contributed by atoms with van der Waals surface area (Å²) in [5, 5.41) is 3.25. The molecule has 0 bridgehead atoms. The molecule has 1 fully saturated rings. The minimum absolute atomic E-state index is 0.0262. The van der Waals surface area contributed by atoms with E-state index < -0.39 is 0 Å². The molecule has 94 valence electrons. The Morgan fingerprint density at radius 3 is 2.76 bits per heavy atom. The van der Waals surface area contributed by atoms with E-state index in [4.69, 9.17) is 0 Å². The van der Waals surface area contributed by atoms with E-state index in [2.05, 4.69) is 17.2 Å². The Bertz CT molecular complexity index is 458. The zero-order valence-electron chi connectivity index (χ0n) is 11.0. The molecule has 4 nitrogen and oxygen atoms in total. The van der Waals surface area contributed by atoms with E-state index in [1.807, 2.05) is 20.8 Å². The van der Waals surface area contributed by atoms with Crippen molar-refractivity contribution in [1.29, 1.82) is 0 Å². The molecule has 1 aromatic heterocycles. The molecule has 0 radical (unpaired) electrons. The van der Waals surface area contributed by atoms with Crippen LogP contribution in [0.1, 0.15) is 40.5 Å². The quantitative estimate of drug-likeness (QED) is 0.873. The first kappa shape index (κ1) is 12.1. The Hall–Kier alpha value is -1.32. The van der Waals surface area contributed by atoms with Gasteiger partial charge in [-0.05, 0) is 33.1 Å². The lowest BCUT2D eigenvalue weighted by atomic mass is 10.1. The van der Waals surface area contributed by atoms with Gasteiger partial charge in [-0.25, -0.2) is 4.98 Å². The lowest BCUT2D eigenvalue weighted by Gasteiger charge is -2.22. The summed E-state index contributed by atoms with van der Waals surface area (Å²) in [7, 11) is 0. The van der Waals surface area contributed by atoms with Crippen molar-refractivity contribution in [2.45, 2.75) is 52.1 Å². The van der Waals surface area contributed by atoms with Gasteiger partial charge in [0.2, 0.25) is 0 Å². The van der Waals surface area contributed by atoms with Gasteiger partial charge in [0.05, 0.1) is 0 Å². The predicted molar refractivity (Wildman–Crippen MR) is 69.3 cm³/mol. The molecular formula is C13H21N3O. The fraction of sp³-hybridized carbons (Fsp3) is 0.692. The fourth-order valence-electron chi connectivity index (χ4n) is 2.09. The van der Waals surface area contributed by atoms with Gasteiger partial charge in [0.1, 0.15) is 0 Å². The standard InChI is InChI=1S/C13H21N3O/c1-5-9-8-10(9)15-11-12(17)16(7-6-14-11)13(2,3)4/h6-7,9-10H,5,8H2,1-4H3,(H,14,15). The van der Waals surface area contributed by atoms with Crippen molar-refractivity contribution >= 4 is 5.82 Å². The first-order valence-electron chi connectivity index (χ1n) is 6.28. The molecule has 2 atom stereocenters. The van der Waals surface area contributed by atoms with Gasteiger partial charge in [-0.1, -0.05) is 13.3 Å². The van der Waals surface area contributed by atoms with Crippen LogP contribution in [0.3, 0.4) is 0 Å². The van der Waals surface area contributed by atoms with Crippen LogP contribution < -0.4 is 10.9 Å². The first-order valence-corrected chi connectivity index (χ1v) is 6.28. The van der Waals surface area contributed by atoms with E-state index in [0.717, 1.165) is 12.8 Å². The molecular weight excluding hydrogens is 214 g/mol. The van der Waals surface area contributed by atoms with E-state index in [1.54, 1.807) is 17.0 Å². The lowest BCUT2D eigenvalue weighted by molar-refractivity contribution is 0.383. The average molecular weight is 235 g/mol. The maximum absolute atomic E-state index is 12.2. The smallest absolute Gasteiger partial charge is 0.293 e. The first-order chi connectivity index (χ1) is 7.93. The van der Waals surface area contributed by atoms with Crippen LogP contribution in [0.5, 0.6) is 0 Å². The number of nitrogens with one attached hydrogen (secondary N) is 1. The largest absolute Gasteiger partial charge is 0.362 e. The Kier molecular flexibility index (Phi) is 2.98. The third-order valence-electron chi connectivity index (χ3n) is 3.33. The minimum Gasteiger partial charge on any atom is -0.362 e. The third kappa shape index (κ3) is 2.51. The molecule has 0 aromatic carbocycles. The van der Waals surface area contributed by atoms with Crippen LogP contribution >= 0.6 is 0 Å². The monoisotopic (exact) mass is 235 g/mol. The fourth-order valence-corrected chi connectivity index (χ4v) is 2.09. The normalized spacial score (nSPS) is 23.5. The number of nitrogens with zero attached hydrogens (tertiary/aromatic N) is 2. The van der Waals surface area contributed by atoms with Crippen LogP contribution in [0.15, 0.2) is 17.2 Å². The van der Waals surface area contributed by atoms with Crippen molar-refractivity contribution in [1.82, 2.24) is 9.55 Å². The van der Waals surface area contributed by atoms with Gasteiger partial charge >= 0.3 is 0 Å². The number of hydrogen-bond donors (Lipinski definition) is 1. The van der Waals surface area contributed by atoms with Crippen LogP contribution in [0, 0.1) is 5.92 Å². The number of rotatable bonds is 3. The Labute approximate surface area is 102 Å². The Balaban J connectivity index is 2.22. The van der Waals surface area contributed by atoms with E-state index in [-0.39, 0.29) is 11.1 Å². The van der Waals surface area contributed by atoms with Gasteiger partial charge in [-0.3, -0.25) is 4.79 Å². The minimum atomic E-state index is -0.204. The van der Waals surface area contributed by atoms with Crippen LogP contribution in [0.4, 0.5) is 5.82 Å². The molecule has 17 heavy (non-hydrogen) atoms. The van der Waals surface area contributed by atoms with Gasteiger partial charge in [-0.2, -0.15) is 0 Å². The maximum Gasteiger partial charge on any atom is 0.293 e. The second kappa shape index (κ2) is 4.17. The van der Waals surface area contributed by atoms with Crippen LogP contribution in [0.2, 0.25) is 0 Å². The van der Waals surface area contributed by atoms with E-state index in [1.165, 1.54) is 0 Å². The summed E-state index contributed by atoms with van der Waals surface area (Å²) in [4.78, 5) is 16.4. The van der Waals surface area contributed by atoms with Gasteiger partial charge in [0, 0.05) is 24.0 Å². The number of aromatic nitrogens is 2. The third-order valence-corrected chi connectivity index (χ3v) is 3.33. The topological polar surface area (TPSA) is 46.9 Å². The zero-order chi connectivity index (χ0) is 12.6. The second-order valence-corrected chi connectivity index (χ2v) is 5.78. The summed E-state index contributed by atoms with van der Waals surface area (Å²) in [6, 6.07) is 0.441. The van der Waals surface area contributed by atoms with Crippen LogP contribution in [0.25, 0.3) is 0 Å². The van der Waals surface area contributed by atoms with Crippen molar-refractivity contribution in [2.75, 3.05) is 5.32 Å². The molecule has 2 rings (SSSR count). The molecule has 0 amide bonds. The summed E-state index contributed by atoms with van der Waals surface area (Å²) < 4.78 is 1.73. The van der Waals surface area contributed by atoms with Crippen molar-refractivity contribution < 1.29 is 0 Å². The van der Waals surface area contributed by atoms with Gasteiger partial charge in [0.15, 0.2) is 5.82 Å². The van der Waals surface area contributed by atoms with E-state index in [9.17, 15) is 4.79 Å². The highest BCUT2D eigenvalue weighted by Gasteiger charge is 2.36. The molecule has 0 saturated heterocycles. The summed E-state index contributed by atoms with van der Waals surface area (Å²) in [6.07, 6.45) is 5.76. The molecule has 0 aliphatic heterocycles. The molecule has 2 unspecified atom stereocenters. The van der Waals surface area contributed by atoms with Gasteiger partial charge in [-0.15, -0.1) is 0 Å². The molecule has 1 aliphatic rings. The molecule has 4 heteroatoms. The summed E-state index contributed by atoms with van der Waals surface area (Å²) >= 11 is 0. The van der Waals surface area contributed by atoms with Crippen molar-refractivity contribution in [3.8, 4) is 0 Å². The summed E-state index contributed by atoms with van der Waals surface area (Å²) in [5.74, 6) is 1.20. The molecule has 1 N–H and O–H groups in total. The number of hydrogen-bond acceptors (Lipinski definition) is 3.